The average molecular weight is 230 g/mol. The summed E-state index contributed by atoms with van der Waals surface area (Å²) >= 11 is 0. The number of hydrogen-bond acceptors (Lipinski definition) is 2. The van der Waals surface area contributed by atoms with E-state index in [1.54, 1.807) is 6.92 Å². The van der Waals surface area contributed by atoms with Gasteiger partial charge < -0.3 is 4.74 Å². The largest absolute Gasteiger partial charge is 0.463 e. The number of benzene rings is 1. The molecule has 0 heterocycles. The zero-order valence-electron chi connectivity index (χ0n) is 10.3. The Bertz CT molecular complexity index is 402. The maximum absolute atomic E-state index is 11.2. The highest BCUT2D eigenvalue weighted by Crippen LogP contribution is 2.10. The van der Waals surface area contributed by atoms with Gasteiger partial charge in [0, 0.05) is 6.08 Å². The van der Waals surface area contributed by atoms with Crippen molar-refractivity contribution in [2.75, 3.05) is 6.61 Å². The van der Waals surface area contributed by atoms with E-state index in [1.807, 2.05) is 36.4 Å². The highest BCUT2D eigenvalue weighted by Gasteiger charge is 1.95. The molecule has 0 radical (unpaired) electrons. The average Bonchev–Trinajstić information content (AvgIpc) is 2.36. The first-order valence-electron chi connectivity index (χ1n) is 5.86. The molecule has 17 heavy (non-hydrogen) atoms. The molecule has 0 amide bonds. The Morgan fingerprint density at radius 2 is 1.88 bits per heavy atom. The van der Waals surface area contributed by atoms with Crippen LogP contribution in [0.1, 0.15) is 25.8 Å². The molecule has 0 aliphatic rings. The lowest BCUT2D eigenvalue weighted by molar-refractivity contribution is -0.137. The van der Waals surface area contributed by atoms with Crippen LogP contribution in [0, 0.1) is 0 Å². The number of carbonyl (C=O) groups is 1. The van der Waals surface area contributed by atoms with Gasteiger partial charge in [-0.2, -0.15) is 0 Å². The van der Waals surface area contributed by atoms with Crippen LogP contribution >= 0.6 is 0 Å². The summed E-state index contributed by atoms with van der Waals surface area (Å²) in [6, 6.07) is 10.0. The summed E-state index contributed by atoms with van der Waals surface area (Å²) in [6.07, 6.45) is 6.23. The summed E-state index contributed by atoms with van der Waals surface area (Å²) in [7, 11) is 0. The van der Waals surface area contributed by atoms with Crippen molar-refractivity contribution >= 4 is 12.0 Å². The molecule has 1 rings (SSSR count). The second kappa shape index (κ2) is 7.44. The van der Waals surface area contributed by atoms with Crippen LogP contribution in [0.4, 0.5) is 0 Å². The molecule has 0 spiro atoms. The van der Waals surface area contributed by atoms with Gasteiger partial charge in [-0.25, -0.2) is 4.79 Å². The summed E-state index contributed by atoms with van der Waals surface area (Å²) in [6.45, 7) is 4.27. The molecular weight excluding hydrogens is 212 g/mol. The Labute approximate surface area is 103 Å². The molecule has 1 aromatic carbocycles. The van der Waals surface area contributed by atoms with Crippen LogP contribution in [0.2, 0.25) is 0 Å². The van der Waals surface area contributed by atoms with Crippen molar-refractivity contribution in [3.8, 4) is 0 Å². The Morgan fingerprint density at radius 1 is 1.18 bits per heavy atom. The normalized spacial score (nSPS) is 11.8. The lowest BCUT2D eigenvalue weighted by Gasteiger charge is -1.99. The van der Waals surface area contributed by atoms with E-state index in [1.165, 1.54) is 6.08 Å². The van der Waals surface area contributed by atoms with E-state index in [0.717, 1.165) is 17.6 Å². The first kappa shape index (κ1) is 13.2. The number of hydrogen-bond donors (Lipinski definition) is 0. The second-order valence-electron chi connectivity index (χ2n) is 3.57. The van der Waals surface area contributed by atoms with Crippen LogP contribution in [-0.2, 0) is 9.53 Å². The second-order valence-corrected chi connectivity index (χ2v) is 3.57. The fourth-order valence-corrected chi connectivity index (χ4v) is 1.40. The SMILES string of the molecule is CCOC(=O)/C=C/C(=C/c1ccccc1)CC. The van der Waals surface area contributed by atoms with E-state index in [-0.39, 0.29) is 5.97 Å². The zero-order valence-corrected chi connectivity index (χ0v) is 10.3. The number of rotatable bonds is 5. The van der Waals surface area contributed by atoms with Crippen LogP contribution < -0.4 is 0 Å². The van der Waals surface area contributed by atoms with Gasteiger partial charge in [-0.05, 0) is 24.5 Å². The molecule has 0 aromatic heterocycles. The van der Waals surface area contributed by atoms with Gasteiger partial charge in [-0.3, -0.25) is 0 Å². The molecule has 0 saturated heterocycles. The van der Waals surface area contributed by atoms with E-state index in [2.05, 4.69) is 13.0 Å². The van der Waals surface area contributed by atoms with Gasteiger partial charge in [0.25, 0.3) is 0 Å². The van der Waals surface area contributed by atoms with Crippen molar-refractivity contribution in [2.24, 2.45) is 0 Å². The molecule has 0 bridgehead atoms. The van der Waals surface area contributed by atoms with Crippen molar-refractivity contribution in [1.82, 2.24) is 0 Å². The minimum absolute atomic E-state index is 0.292. The van der Waals surface area contributed by atoms with Gasteiger partial charge >= 0.3 is 5.97 Å². The Morgan fingerprint density at radius 3 is 2.47 bits per heavy atom. The molecule has 0 unspecified atom stereocenters. The highest BCUT2D eigenvalue weighted by molar-refractivity contribution is 5.82. The van der Waals surface area contributed by atoms with Crippen molar-refractivity contribution in [3.05, 3.63) is 53.6 Å². The third-order valence-corrected chi connectivity index (χ3v) is 2.28. The van der Waals surface area contributed by atoms with Gasteiger partial charge in [-0.1, -0.05) is 49.4 Å². The Kier molecular flexibility index (Phi) is 5.80. The van der Waals surface area contributed by atoms with E-state index < -0.39 is 0 Å². The summed E-state index contributed by atoms with van der Waals surface area (Å²) in [5.41, 5.74) is 2.24. The quantitative estimate of drug-likeness (QED) is 0.439. The molecule has 0 atom stereocenters. The minimum atomic E-state index is -0.292. The fourth-order valence-electron chi connectivity index (χ4n) is 1.40. The molecular formula is C15H18O2. The number of esters is 1. The van der Waals surface area contributed by atoms with Crippen molar-refractivity contribution in [3.63, 3.8) is 0 Å². The van der Waals surface area contributed by atoms with Crippen molar-refractivity contribution in [2.45, 2.75) is 20.3 Å². The first-order chi connectivity index (χ1) is 8.26. The molecule has 2 heteroatoms. The predicted molar refractivity (Wildman–Crippen MR) is 70.5 cm³/mol. The summed E-state index contributed by atoms with van der Waals surface area (Å²) in [5.74, 6) is -0.292. The summed E-state index contributed by atoms with van der Waals surface area (Å²) < 4.78 is 4.83. The predicted octanol–water partition coefficient (Wildman–Crippen LogP) is 3.60. The lowest BCUT2D eigenvalue weighted by Crippen LogP contribution is -1.98. The van der Waals surface area contributed by atoms with Gasteiger partial charge in [0.15, 0.2) is 0 Å². The highest BCUT2D eigenvalue weighted by atomic mass is 16.5. The summed E-state index contributed by atoms with van der Waals surface area (Å²) in [4.78, 5) is 11.2. The van der Waals surface area contributed by atoms with Crippen LogP contribution in [0.3, 0.4) is 0 Å². The standard InChI is InChI=1S/C15H18O2/c1-3-13(10-11-15(16)17-4-2)12-14-8-6-5-7-9-14/h5-12H,3-4H2,1-2H3/b11-10+,13-12+. The van der Waals surface area contributed by atoms with Crippen molar-refractivity contribution < 1.29 is 9.53 Å². The molecule has 2 nitrogen and oxygen atoms in total. The molecule has 1 aromatic rings. The van der Waals surface area contributed by atoms with Crippen LogP contribution in [0.5, 0.6) is 0 Å². The molecule has 0 aliphatic carbocycles. The number of ether oxygens (including phenoxy) is 1. The Balaban J connectivity index is 2.72. The van der Waals surface area contributed by atoms with Gasteiger partial charge in [-0.15, -0.1) is 0 Å². The molecule has 0 aliphatic heterocycles. The van der Waals surface area contributed by atoms with E-state index in [9.17, 15) is 4.79 Å². The van der Waals surface area contributed by atoms with E-state index in [0.29, 0.717) is 6.61 Å². The number of carbonyl (C=O) groups excluding carboxylic acids is 1. The Hall–Kier alpha value is -1.83. The van der Waals surface area contributed by atoms with Gasteiger partial charge in [0.05, 0.1) is 6.61 Å². The smallest absolute Gasteiger partial charge is 0.330 e. The third-order valence-electron chi connectivity index (χ3n) is 2.28. The van der Waals surface area contributed by atoms with Gasteiger partial charge in [0.2, 0.25) is 0 Å². The topological polar surface area (TPSA) is 26.3 Å². The van der Waals surface area contributed by atoms with Crippen molar-refractivity contribution in [1.29, 1.82) is 0 Å². The number of allylic oxidation sites excluding steroid dienone is 2. The molecule has 90 valence electrons. The molecule has 0 saturated carbocycles. The van der Waals surface area contributed by atoms with Gasteiger partial charge in [0.1, 0.15) is 0 Å². The maximum atomic E-state index is 11.2. The molecule has 0 N–H and O–H groups in total. The monoisotopic (exact) mass is 230 g/mol. The van der Waals surface area contributed by atoms with Crippen LogP contribution in [0.15, 0.2) is 48.1 Å². The fraction of sp³-hybridized carbons (Fsp3) is 0.267. The first-order valence-corrected chi connectivity index (χ1v) is 5.86. The lowest BCUT2D eigenvalue weighted by atomic mass is 10.1. The van der Waals surface area contributed by atoms with E-state index >= 15 is 0 Å². The summed E-state index contributed by atoms with van der Waals surface area (Å²) in [5, 5.41) is 0. The third kappa shape index (κ3) is 5.16. The minimum Gasteiger partial charge on any atom is -0.463 e. The van der Waals surface area contributed by atoms with Crippen LogP contribution in [-0.4, -0.2) is 12.6 Å². The van der Waals surface area contributed by atoms with E-state index in [4.69, 9.17) is 4.74 Å². The zero-order chi connectivity index (χ0) is 12.5. The maximum Gasteiger partial charge on any atom is 0.330 e. The van der Waals surface area contributed by atoms with Crippen LogP contribution in [0.25, 0.3) is 6.08 Å². The molecule has 0 fully saturated rings.